The number of nitrogens with zero attached hydrogens (tertiary/aromatic N) is 1. The smallest absolute Gasteiger partial charge is 0.113 e. The van der Waals surface area contributed by atoms with Gasteiger partial charge in [-0.15, -0.1) is 11.3 Å². The summed E-state index contributed by atoms with van der Waals surface area (Å²) >= 11 is 1.87. The Balaban J connectivity index is 2.99. The number of thiazole rings is 1. The van der Waals surface area contributed by atoms with Gasteiger partial charge in [0.2, 0.25) is 0 Å². The first-order chi connectivity index (χ1) is 8.59. The molecule has 3 heteroatoms. The lowest BCUT2D eigenvalue weighted by Gasteiger charge is -2.32. The first kappa shape index (κ1) is 15.6. The zero-order valence-electron chi connectivity index (χ0n) is 12.6. The maximum absolute atomic E-state index is 4.82. The van der Waals surface area contributed by atoms with E-state index >= 15 is 0 Å². The van der Waals surface area contributed by atoms with Crippen molar-refractivity contribution in [1.82, 2.24) is 10.3 Å². The molecule has 0 spiro atoms. The Morgan fingerprint density at radius 3 is 2.33 bits per heavy atom. The maximum Gasteiger partial charge on any atom is 0.113 e. The monoisotopic (exact) mass is 268 g/mol. The van der Waals surface area contributed by atoms with Crippen molar-refractivity contribution >= 4 is 11.3 Å². The van der Waals surface area contributed by atoms with Gasteiger partial charge in [-0.05, 0) is 39.7 Å². The largest absolute Gasteiger partial charge is 0.305 e. The second-order valence-electron chi connectivity index (χ2n) is 5.13. The summed E-state index contributed by atoms with van der Waals surface area (Å²) in [4.78, 5) is 6.17. The highest BCUT2D eigenvalue weighted by molar-refractivity contribution is 7.11. The van der Waals surface area contributed by atoms with Crippen LogP contribution in [-0.4, -0.2) is 11.5 Å². The van der Waals surface area contributed by atoms with Gasteiger partial charge in [-0.2, -0.15) is 0 Å². The summed E-state index contributed by atoms with van der Waals surface area (Å²) in [6, 6.07) is 0. The minimum Gasteiger partial charge on any atom is -0.305 e. The maximum atomic E-state index is 4.82. The molecule has 0 aliphatic heterocycles. The van der Waals surface area contributed by atoms with Crippen LogP contribution in [0.3, 0.4) is 0 Å². The van der Waals surface area contributed by atoms with Crippen LogP contribution < -0.4 is 5.32 Å². The van der Waals surface area contributed by atoms with Crippen molar-refractivity contribution in [2.24, 2.45) is 0 Å². The van der Waals surface area contributed by atoms with Crippen LogP contribution in [0.4, 0.5) is 0 Å². The molecule has 0 bridgehead atoms. The number of nitrogens with one attached hydrogen (secondary N) is 1. The Morgan fingerprint density at radius 2 is 1.89 bits per heavy atom. The van der Waals surface area contributed by atoms with E-state index in [2.05, 4.69) is 39.9 Å². The molecular formula is C15H28N2S. The molecule has 2 nitrogen and oxygen atoms in total. The van der Waals surface area contributed by atoms with Crippen molar-refractivity contribution in [3.8, 4) is 0 Å². The molecule has 0 amide bonds. The van der Waals surface area contributed by atoms with Gasteiger partial charge in [0.1, 0.15) is 5.01 Å². The van der Waals surface area contributed by atoms with Crippen molar-refractivity contribution in [3.05, 3.63) is 15.6 Å². The minimum absolute atomic E-state index is 0.107. The van der Waals surface area contributed by atoms with Gasteiger partial charge >= 0.3 is 0 Å². The number of aryl methyl sites for hydroxylation is 2. The summed E-state index contributed by atoms with van der Waals surface area (Å²) in [6.45, 7) is 12.1. The predicted molar refractivity (Wildman–Crippen MR) is 81.4 cm³/mol. The molecular weight excluding hydrogens is 240 g/mol. The summed E-state index contributed by atoms with van der Waals surface area (Å²) in [7, 11) is 0. The van der Waals surface area contributed by atoms with Gasteiger partial charge in [0.05, 0.1) is 11.2 Å². The highest BCUT2D eigenvalue weighted by Gasteiger charge is 2.32. The van der Waals surface area contributed by atoms with Crippen molar-refractivity contribution in [2.75, 3.05) is 6.54 Å². The lowest BCUT2D eigenvalue weighted by atomic mass is 9.90. The fraction of sp³-hybridized carbons (Fsp3) is 0.800. The van der Waals surface area contributed by atoms with Crippen molar-refractivity contribution in [3.63, 3.8) is 0 Å². The van der Waals surface area contributed by atoms with Gasteiger partial charge in [0.25, 0.3) is 0 Å². The van der Waals surface area contributed by atoms with Crippen molar-refractivity contribution in [2.45, 2.75) is 72.3 Å². The van der Waals surface area contributed by atoms with Gasteiger partial charge in [-0.25, -0.2) is 4.98 Å². The molecule has 1 aromatic heterocycles. The second kappa shape index (κ2) is 7.25. The summed E-state index contributed by atoms with van der Waals surface area (Å²) in [6.07, 6.45) is 6.02. The molecule has 0 aliphatic rings. The number of rotatable bonds is 8. The number of unbranched alkanes of at least 4 members (excludes halogenated alkanes) is 1. The van der Waals surface area contributed by atoms with Gasteiger partial charge < -0.3 is 5.32 Å². The Labute approximate surface area is 116 Å². The van der Waals surface area contributed by atoms with Crippen LogP contribution in [0.25, 0.3) is 0 Å². The third kappa shape index (κ3) is 3.55. The third-order valence-corrected chi connectivity index (χ3v) is 4.99. The molecule has 1 aromatic rings. The van der Waals surface area contributed by atoms with E-state index in [1.807, 2.05) is 11.3 Å². The molecule has 0 saturated carbocycles. The van der Waals surface area contributed by atoms with Gasteiger partial charge in [-0.3, -0.25) is 0 Å². The third-order valence-electron chi connectivity index (χ3n) is 3.71. The van der Waals surface area contributed by atoms with Crippen LogP contribution >= 0.6 is 11.3 Å². The second-order valence-corrected chi connectivity index (χ2v) is 6.33. The van der Waals surface area contributed by atoms with E-state index in [1.54, 1.807) is 0 Å². The SMILES string of the molecule is CCCCC(CC)(NCCC)c1nc(C)c(C)s1. The van der Waals surface area contributed by atoms with Crippen LogP contribution in [0.5, 0.6) is 0 Å². The van der Waals surface area contributed by atoms with E-state index in [4.69, 9.17) is 4.98 Å². The topological polar surface area (TPSA) is 24.9 Å². The fourth-order valence-electron chi connectivity index (χ4n) is 2.24. The molecule has 1 N–H and O–H groups in total. The Morgan fingerprint density at radius 1 is 1.17 bits per heavy atom. The van der Waals surface area contributed by atoms with Crippen LogP contribution in [-0.2, 0) is 5.54 Å². The van der Waals surface area contributed by atoms with E-state index in [9.17, 15) is 0 Å². The Bertz CT molecular complexity index is 330. The van der Waals surface area contributed by atoms with E-state index in [0.717, 1.165) is 13.0 Å². The molecule has 18 heavy (non-hydrogen) atoms. The highest BCUT2D eigenvalue weighted by atomic mass is 32.1. The predicted octanol–water partition coefficient (Wildman–Crippen LogP) is 4.56. The number of hydrogen-bond donors (Lipinski definition) is 1. The van der Waals surface area contributed by atoms with Crippen molar-refractivity contribution < 1.29 is 0 Å². The number of hydrogen-bond acceptors (Lipinski definition) is 3. The van der Waals surface area contributed by atoms with E-state index in [0.29, 0.717) is 0 Å². The molecule has 104 valence electrons. The average molecular weight is 268 g/mol. The normalized spacial score (nSPS) is 14.7. The zero-order valence-corrected chi connectivity index (χ0v) is 13.4. The minimum atomic E-state index is 0.107. The molecule has 0 aliphatic carbocycles. The summed E-state index contributed by atoms with van der Waals surface area (Å²) < 4.78 is 0. The summed E-state index contributed by atoms with van der Waals surface area (Å²) in [5, 5.41) is 5.07. The van der Waals surface area contributed by atoms with Crippen LogP contribution in [0.15, 0.2) is 0 Å². The van der Waals surface area contributed by atoms with E-state index in [1.165, 1.54) is 41.3 Å². The van der Waals surface area contributed by atoms with E-state index in [-0.39, 0.29) is 5.54 Å². The lowest BCUT2D eigenvalue weighted by Crippen LogP contribution is -2.42. The molecule has 0 fully saturated rings. The first-order valence-electron chi connectivity index (χ1n) is 7.29. The molecule has 0 aromatic carbocycles. The van der Waals surface area contributed by atoms with Crippen LogP contribution in [0.1, 0.15) is 68.5 Å². The van der Waals surface area contributed by atoms with Crippen LogP contribution in [0, 0.1) is 13.8 Å². The van der Waals surface area contributed by atoms with Gasteiger partial charge in [0.15, 0.2) is 0 Å². The Kier molecular flexibility index (Phi) is 6.30. The molecule has 1 heterocycles. The molecule has 0 saturated heterocycles. The molecule has 1 unspecified atom stereocenters. The van der Waals surface area contributed by atoms with Gasteiger partial charge in [-0.1, -0.05) is 33.6 Å². The first-order valence-corrected chi connectivity index (χ1v) is 8.10. The standard InChI is InChI=1S/C15H28N2S/c1-6-9-10-15(8-3,16-11-7-2)14-17-12(4)13(5)18-14/h16H,6-11H2,1-5H3. The fourth-order valence-corrected chi connectivity index (χ4v) is 3.42. The highest BCUT2D eigenvalue weighted by Crippen LogP contribution is 2.34. The average Bonchev–Trinajstić information content (AvgIpc) is 2.71. The molecule has 1 atom stereocenters. The van der Waals surface area contributed by atoms with E-state index < -0.39 is 0 Å². The summed E-state index contributed by atoms with van der Waals surface area (Å²) in [5.41, 5.74) is 1.30. The van der Waals surface area contributed by atoms with Crippen LogP contribution in [0.2, 0.25) is 0 Å². The molecule has 1 rings (SSSR count). The quantitative estimate of drug-likeness (QED) is 0.748. The lowest BCUT2D eigenvalue weighted by molar-refractivity contribution is 0.288. The Hall–Kier alpha value is -0.410. The van der Waals surface area contributed by atoms with Gasteiger partial charge in [0, 0.05) is 4.88 Å². The van der Waals surface area contributed by atoms with Crippen molar-refractivity contribution in [1.29, 1.82) is 0 Å². The summed E-state index contributed by atoms with van der Waals surface area (Å²) in [5.74, 6) is 0. The zero-order chi connectivity index (χ0) is 13.6. The number of aromatic nitrogens is 1. The molecule has 0 radical (unpaired) electrons.